The van der Waals surface area contributed by atoms with Gasteiger partial charge in [-0.2, -0.15) is 0 Å². The summed E-state index contributed by atoms with van der Waals surface area (Å²) in [4.78, 5) is 4.28. The first-order valence-corrected chi connectivity index (χ1v) is 8.29. The Morgan fingerprint density at radius 3 is 2.94 bits per heavy atom. The summed E-state index contributed by atoms with van der Waals surface area (Å²) in [6.07, 6.45) is 1.75. The summed E-state index contributed by atoms with van der Waals surface area (Å²) in [5, 5.41) is 3.73. The molecule has 0 fully saturated rings. The minimum atomic E-state index is -2.92. The maximum atomic E-state index is 13.0. The number of sulfone groups is 1. The number of hydrogen-bond donors (Lipinski definition) is 1. The van der Waals surface area contributed by atoms with Crippen molar-refractivity contribution >= 4 is 36.5 Å². The lowest BCUT2D eigenvalue weighted by molar-refractivity contribution is 0.600. The van der Waals surface area contributed by atoms with Crippen LogP contribution < -0.4 is 5.32 Å². The molecule has 0 saturated carbocycles. The zero-order valence-electron chi connectivity index (χ0n) is 9.81. The predicted octanol–water partition coefficient (Wildman–Crippen LogP) is 2.28. The minimum absolute atomic E-state index is 0.152. The van der Waals surface area contributed by atoms with Crippen LogP contribution in [0.3, 0.4) is 0 Å². The van der Waals surface area contributed by atoms with E-state index in [2.05, 4.69) is 10.3 Å². The Kier molecular flexibility index (Phi) is 3.82. The molecule has 4 nitrogen and oxygen atoms in total. The highest BCUT2D eigenvalue weighted by molar-refractivity contribution is 7.90. The summed E-state index contributed by atoms with van der Waals surface area (Å²) in [7, 11) is -2.92. The molecule has 2 aromatic rings. The van der Waals surface area contributed by atoms with Gasteiger partial charge in [-0.1, -0.05) is 11.3 Å². The van der Waals surface area contributed by atoms with Crippen LogP contribution in [-0.2, 0) is 9.84 Å². The topological polar surface area (TPSA) is 59.1 Å². The van der Waals surface area contributed by atoms with Crippen LogP contribution >= 0.6 is 11.3 Å². The van der Waals surface area contributed by atoms with Gasteiger partial charge in [0.2, 0.25) is 0 Å². The molecule has 0 aliphatic heterocycles. The number of thiazole rings is 1. The number of nitrogens with one attached hydrogen (secondary N) is 1. The number of aromatic nitrogens is 1. The van der Waals surface area contributed by atoms with Gasteiger partial charge in [0.15, 0.2) is 5.13 Å². The molecule has 98 valence electrons. The van der Waals surface area contributed by atoms with Gasteiger partial charge in [0.05, 0.1) is 16.0 Å². The average molecular weight is 288 g/mol. The molecular weight excluding hydrogens is 275 g/mol. The molecule has 1 heterocycles. The first-order valence-electron chi connectivity index (χ1n) is 5.42. The van der Waals surface area contributed by atoms with Gasteiger partial charge < -0.3 is 5.32 Å². The summed E-state index contributed by atoms with van der Waals surface area (Å²) in [6, 6.07) is 4.44. The highest BCUT2D eigenvalue weighted by Gasteiger charge is 2.05. The summed E-state index contributed by atoms with van der Waals surface area (Å²) in [5.41, 5.74) is 0.743. The molecule has 0 spiro atoms. The number of hydrogen-bond acceptors (Lipinski definition) is 5. The van der Waals surface area contributed by atoms with E-state index in [9.17, 15) is 12.8 Å². The number of nitrogens with zero attached hydrogens (tertiary/aromatic N) is 1. The molecule has 18 heavy (non-hydrogen) atoms. The Balaban J connectivity index is 1.96. The second-order valence-electron chi connectivity index (χ2n) is 4.04. The highest BCUT2D eigenvalue weighted by Crippen LogP contribution is 2.26. The van der Waals surface area contributed by atoms with Crippen LogP contribution in [0.4, 0.5) is 9.52 Å². The Morgan fingerprint density at radius 2 is 2.22 bits per heavy atom. The molecule has 0 atom stereocenters. The number of halogens is 1. The standard InChI is InChI=1S/C11H13FN2O2S2/c1-18(15,16)6-2-5-13-11-14-9-4-3-8(12)7-10(9)17-11/h3-4,7H,2,5-6H2,1H3,(H,13,14). The largest absolute Gasteiger partial charge is 0.361 e. The van der Waals surface area contributed by atoms with Crippen LogP contribution in [0.15, 0.2) is 18.2 Å². The molecule has 1 aromatic carbocycles. The number of rotatable bonds is 5. The van der Waals surface area contributed by atoms with Crippen molar-refractivity contribution in [2.75, 3.05) is 23.9 Å². The monoisotopic (exact) mass is 288 g/mol. The van der Waals surface area contributed by atoms with Gasteiger partial charge in [-0.05, 0) is 24.6 Å². The van der Waals surface area contributed by atoms with Crippen molar-refractivity contribution in [3.63, 3.8) is 0 Å². The SMILES string of the molecule is CS(=O)(=O)CCCNc1nc2ccc(F)cc2s1. The van der Waals surface area contributed by atoms with Crippen molar-refractivity contribution in [3.8, 4) is 0 Å². The summed E-state index contributed by atoms with van der Waals surface area (Å²) in [5.74, 6) is -0.130. The maximum absolute atomic E-state index is 13.0. The van der Waals surface area contributed by atoms with Gasteiger partial charge in [-0.25, -0.2) is 17.8 Å². The predicted molar refractivity (Wildman–Crippen MR) is 72.4 cm³/mol. The molecular formula is C11H13FN2O2S2. The molecule has 0 bridgehead atoms. The lowest BCUT2D eigenvalue weighted by Gasteiger charge is -2.00. The normalized spacial score (nSPS) is 11.9. The van der Waals surface area contributed by atoms with Crippen molar-refractivity contribution in [2.24, 2.45) is 0 Å². The Hall–Kier alpha value is -1.21. The molecule has 1 aromatic heterocycles. The third-order valence-corrected chi connectivity index (χ3v) is 4.32. The van der Waals surface area contributed by atoms with Crippen LogP contribution in [0.1, 0.15) is 6.42 Å². The van der Waals surface area contributed by atoms with Crippen LogP contribution in [0.5, 0.6) is 0 Å². The van der Waals surface area contributed by atoms with Gasteiger partial charge in [0.25, 0.3) is 0 Å². The summed E-state index contributed by atoms with van der Waals surface area (Å²) >= 11 is 1.36. The van der Waals surface area contributed by atoms with Gasteiger partial charge in [0, 0.05) is 12.8 Å². The van der Waals surface area contributed by atoms with Gasteiger partial charge >= 0.3 is 0 Å². The van der Waals surface area contributed by atoms with E-state index in [0.29, 0.717) is 18.1 Å². The zero-order chi connectivity index (χ0) is 13.2. The van der Waals surface area contributed by atoms with E-state index in [1.807, 2.05) is 0 Å². The van der Waals surface area contributed by atoms with Crippen molar-refractivity contribution in [1.29, 1.82) is 0 Å². The van der Waals surface area contributed by atoms with Crippen LogP contribution in [0.2, 0.25) is 0 Å². The Bertz CT molecular complexity index is 652. The van der Waals surface area contributed by atoms with Crippen molar-refractivity contribution in [3.05, 3.63) is 24.0 Å². The molecule has 0 aliphatic carbocycles. The molecule has 7 heteroatoms. The smallest absolute Gasteiger partial charge is 0.183 e. The van der Waals surface area contributed by atoms with Gasteiger partial charge in [-0.3, -0.25) is 0 Å². The quantitative estimate of drug-likeness (QED) is 0.858. The first kappa shape index (κ1) is 13.2. The second-order valence-corrected chi connectivity index (χ2v) is 7.33. The second kappa shape index (κ2) is 5.19. The average Bonchev–Trinajstić information content (AvgIpc) is 2.65. The van der Waals surface area contributed by atoms with E-state index in [-0.39, 0.29) is 11.6 Å². The fourth-order valence-corrected chi connectivity index (χ4v) is 3.09. The van der Waals surface area contributed by atoms with Crippen molar-refractivity contribution in [1.82, 2.24) is 4.98 Å². The lowest BCUT2D eigenvalue weighted by Crippen LogP contribution is -2.09. The Labute approximate surface area is 109 Å². The highest BCUT2D eigenvalue weighted by atomic mass is 32.2. The van der Waals surface area contributed by atoms with E-state index in [1.165, 1.54) is 29.7 Å². The Morgan fingerprint density at radius 1 is 1.44 bits per heavy atom. The van der Waals surface area contributed by atoms with Crippen LogP contribution in [0.25, 0.3) is 10.2 Å². The van der Waals surface area contributed by atoms with Crippen molar-refractivity contribution in [2.45, 2.75) is 6.42 Å². The van der Waals surface area contributed by atoms with Crippen LogP contribution in [0, 0.1) is 5.82 Å². The zero-order valence-corrected chi connectivity index (χ0v) is 11.4. The fraction of sp³-hybridized carbons (Fsp3) is 0.364. The van der Waals surface area contributed by atoms with E-state index in [4.69, 9.17) is 0 Å². The molecule has 2 rings (SSSR count). The lowest BCUT2D eigenvalue weighted by atomic mass is 10.3. The third-order valence-electron chi connectivity index (χ3n) is 2.32. The number of benzene rings is 1. The van der Waals surface area contributed by atoms with E-state index in [1.54, 1.807) is 6.07 Å². The van der Waals surface area contributed by atoms with Crippen molar-refractivity contribution < 1.29 is 12.8 Å². The first-order chi connectivity index (χ1) is 8.44. The number of anilines is 1. The summed E-state index contributed by atoms with van der Waals surface area (Å²) in [6.45, 7) is 0.537. The molecule has 1 N–H and O–H groups in total. The molecule has 0 amide bonds. The molecule has 0 unspecified atom stereocenters. The van der Waals surface area contributed by atoms with Gasteiger partial charge in [0.1, 0.15) is 15.7 Å². The molecule has 0 radical (unpaired) electrons. The van der Waals surface area contributed by atoms with E-state index < -0.39 is 9.84 Å². The summed E-state index contributed by atoms with van der Waals surface area (Å²) < 4.78 is 35.6. The third kappa shape index (κ3) is 3.64. The van der Waals surface area contributed by atoms with Crippen LogP contribution in [-0.4, -0.2) is 32.0 Å². The number of fused-ring (bicyclic) bond motifs is 1. The minimum Gasteiger partial charge on any atom is -0.361 e. The maximum Gasteiger partial charge on any atom is 0.183 e. The fourth-order valence-electron chi connectivity index (χ4n) is 1.50. The van der Waals surface area contributed by atoms with E-state index in [0.717, 1.165) is 10.2 Å². The molecule has 0 saturated heterocycles. The molecule has 0 aliphatic rings. The van der Waals surface area contributed by atoms with E-state index >= 15 is 0 Å². The van der Waals surface area contributed by atoms with Gasteiger partial charge in [-0.15, -0.1) is 0 Å².